The molecule has 0 aliphatic carbocycles. The Balaban J connectivity index is 1.85. The zero-order chi connectivity index (χ0) is 14.7. The SMILES string of the molecule is CCNc1cc(Oc2ccc3c(c2)OCO3)nc(SC)n1. The number of nitrogens with one attached hydrogen (secondary N) is 1. The lowest BCUT2D eigenvalue weighted by Crippen LogP contribution is -2.02. The highest BCUT2D eigenvalue weighted by atomic mass is 32.2. The van der Waals surface area contributed by atoms with Gasteiger partial charge in [0.15, 0.2) is 16.7 Å². The first-order valence-corrected chi connectivity index (χ1v) is 7.75. The van der Waals surface area contributed by atoms with Crippen LogP contribution in [0.15, 0.2) is 29.4 Å². The molecule has 0 bridgehead atoms. The molecule has 1 aliphatic heterocycles. The minimum absolute atomic E-state index is 0.244. The van der Waals surface area contributed by atoms with Crippen molar-refractivity contribution in [2.45, 2.75) is 12.1 Å². The number of hydrogen-bond donors (Lipinski definition) is 1. The summed E-state index contributed by atoms with van der Waals surface area (Å²) in [6.45, 7) is 3.04. The molecule has 0 atom stereocenters. The van der Waals surface area contributed by atoms with Crippen LogP contribution >= 0.6 is 11.8 Å². The maximum absolute atomic E-state index is 5.79. The molecule has 0 amide bonds. The highest BCUT2D eigenvalue weighted by molar-refractivity contribution is 7.98. The van der Waals surface area contributed by atoms with Crippen LogP contribution in [0.5, 0.6) is 23.1 Å². The number of ether oxygens (including phenoxy) is 3. The minimum atomic E-state index is 0.244. The second-order valence-corrected chi connectivity index (χ2v) is 5.00. The van der Waals surface area contributed by atoms with Gasteiger partial charge in [-0.1, -0.05) is 11.8 Å². The minimum Gasteiger partial charge on any atom is -0.454 e. The highest BCUT2D eigenvalue weighted by Crippen LogP contribution is 2.36. The quantitative estimate of drug-likeness (QED) is 0.672. The second kappa shape index (κ2) is 6.09. The molecule has 3 rings (SSSR count). The van der Waals surface area contributed by atoms with Gasteiger partial charge in [0.2, 0.25) is 12.7 Å². The summed E-state index contributed by atoms with van der Waals surface area (Å²) >= 11 is 1.47. The molecule has 0 radical (unpaired) electrons. The summed E-state index contributed by atoms with van der Waals surface area (Å²) in [5.74, 6) is 3.28. The Bertz CT molecular complexity index is 651. The van der Waals surface area contributed by atoms with Gasteiger partial charge in [0.1, 0.15) is 11.6 Å². The van der Waals surface area contributed by atoms with Gasteiger partial charge in [0.05, 0.1) is 0 Å². The summed E-state index contributed by atoms with van der Waals surface area (Å²) in [5.41, 5.74) is 0. The molecular formula is C14H15N3O3S. The first-order chi connectivity index (χ1) is 10.3. The summed E-state index contributed by atoms with van der Waals surface area (Å²) < 4.78 is 16.4. The molecule has 0 fully saturated rings. The van der Waals surface area contributed by atoms with Gasteiger partial charge in [-0.2, -0.15) is 4.98 Å². The third-order valence-corrected chi connectivity index (χ3v) is 3.34. The molecule has 7 heteroatoms. The number of aromatic nitrogens is 2. The Hall–Kier alpha value is -2.15. The summed E-state index contributed by atoms with van der Waals surface area (Å²) in [5, 5.41) is 3.82. The van der Waals surface area contributed by atoms with Crippen LogP contribution in [0.4, 0.5) is 5.82 Å². The van der Waals surface area contributed by atoms with Crippen molar-refractivity contribution in [3.05, 3.63) is 24.3 Å². The fraction of sp³-hybridized carbons (Fsp3) is 0.286. The van der Waals surface area contributed by atoms with Crippen LogP contribution in [-0.2, 0) is 0 Å². The van der Waals surface area contributed by atoms with Crippen molar-refractivity contribution in [2.75, 3.05) is 24.9 Å². The topological polar surface area (TPSA) is 65.5 Å². The van der Waals surface area contributed by atoms with E-state index >= 15 is 0 Å². The molecule has 0 saturated heterocycles. The van der Waals surface area contributed by atoms with E-state index in [4.69, 9.17) is 14.2 Å². The fourth-order valence-corrected chi connectivity index (χ4v) is 2.25. The first-order valence-electron chi connectivity index (χ1n) is 6.53. The normalized spacial score (nSPS) is 12.3. The van der Waals surface area contributed by atoms with E-state index in [-0.39, 0.29) is 6.79 Å². The maximum Gasteiger partial charge on any atom is 0.231 e. The molecule has 1 aliphatic rings. The predicted molar refractivity (Wildman–Crippen MR) is 80.6 cm³/mol. The lowest BCUT2D eigenvalue weighted by atomic mass is 10.3. The third-order valence-electron chi connectivity index (χ3n) is 2.79. The van der Waals surface area contributed by atoms with Gasteiger partial charge in [-0.15, -0.1) is 0 Å². The third kappa shape index (κ3) is 3.13. The fourth-order valence-electron chi connectivity index (χ4n) is 1.88. The number of fused-ring (bicyclic) bond motifs is 1. The molecule has 1 N–H and O–H groups in total. The van der Waals surface area contributed by atoms with Crippen LogP contribution in [0.1, 0.15) is 6.92 Å². The number of benzene rings is 1. The molecule has 110 valence electrons. The van der Waals surface area contributed by atoms with Gasteiger partial charge in [-0.05, 0) is 25.3 Å². The Morgan fingerprint density at radius 1 is 1.24 bits per heavy atom. The van der Waals surface area contributed by atoms with Gasteiger partial charge in [-0.3, -0.25) is 0 Å². The Kier molecular flexibility index (Phi) is 4.01. The van der Waals surface area contributed by atoms with Crippen LogP contribution in [-0.4, -0.2) is 29.6 Å². The largest absolute Gasteiger partial charge is 0.454 e. The number of anilines is 1. The first kappa shape index (κ1) is 13.8. The monoisotopic (exact) mass is 305 g/mol. The van der Waals surface area contributed by atoms with Crippen molar-refractivity contribution in [3.63, 3.8) is 0 Å². The smallest absolute Gasteiger partial charge is 0.231 e. The lowest BCUT2D eigenvalue weighted by Gasteiger charge is -2.09. The summed E-state index contributed by atoms with van der Waals surface area (Å²) in [7, 11) is 0. The zero-order valence-electron chi connectivity index (χ0n) is 11.8. The van der Waals surface area contributed by atoms with E-state index in [9.17, 15) is 0 Å². The van der Waals surface area contributed by atoms with Gasteiger partial charge >= 0.3 is 0 Å². The molecule has 6 nitrogen and oxygen atoms in total. The molecule has 2 aromatic rings. The predicted octanol–water partition coefficient (Wildman–Crippen LogP) is 3.15. The molecule has 2 heterocycles. The maximum atomic E-state index is 5.79. The van der Waals surface area contributed by atoms with Crippen LogP contribution in [0.25, 0.3) is 0 Å². The van der Waals surface area contributed by atoms with E-state index in [1.165, 1.54) is 11.8 Å². The molecular weight excluding hydrogens is 290 g/mol. The highest BCUT2D eigenvalue weighted by Gasteiger charge is 2.14. The van der Waals surface area contributed by atoms with E-state index in [1.54, 1.807) is 12.1 Å². The Morgan fingerprint density at radius 3 is 2.90 bits per heavy atom. The number of rotatable bonds is 5. The number of thioether (sulfide) groups is 1. The molecule has 0 saturated carbocycles. The van der Waals surface area contributed by atoms with E-state index in [2.05, 4.69) is 15.3 Å². The van der Waals surface area contributed by atoms with E-state index < -0.39 is 0 Å². The lowest BCUT2D eigenvalue weighted by molar-refractivity contribution is 0.174. The van der Waals surface area contributed by atoms with Crippen LogP contribution < -0.4 is 19.5 Å². The van der Waals surface area contributed by atoms with Crippen LogP contribution in [0, 0.1) is 0 Å². The average molecular weight is 305 g/mol. The Labute approximate surface area is 126 Å². The van der Waals surface area contributed by atoms with Crippen molar-refractivity contribution in [1.29, 1.82) is 0 Å². The van der Waals surface area contributed by atoms with Crippen molar-refractivity contribution in [2.24, 2.45) is 0 Å². The summed E-state index contributed by atoms with van der Waals surface area (Å²) in [4.78, 5) is 8.70. The zero-order valence-corrected chi connectivity index (χ0v) is 12.6. The molecule has 0 spiro atoms. The molecule has 0 unspecified atom stereocenters. The van der Waals surface area contributed by atoms with Crippen LogP contribution in [0.3, 0.4) is 0 Å². The van der Waals surface area contributed by atoms with E-state index in [0.717, 1.165) is 18.1 Å². The molecule has 1 aromatic heterocycles. The van der Waals surface area contributed by atoms with Gasteiger partial charge in [-0.25, -0.2) is 4.98 Å². The van der Waals surface area contributed by atoms with Crippen LogP contribution in [0.2, 0.25) is 0 Å². The number of hydrogen-bond acceptors (Lipinski definition) is 7. The van der Waals surface area contributed by atoms with Crippen molar-refractivity contribution < 1.29 is 14.2 Å². The summed E-state index contributed by atoms with van der Waals surface area (Å²) in [6, 6.07) is 7.20. The Morgan fingerprint density at radius 2 is 2.10 bits per heavy atom. The summed E-state index contributed by atoms with van der Waals surface area (Å²) in [6.07, 6.45) is 1.93. The van der Waals surface area contributed by atoms with Gasteiger partial charge < -0.3 is 19.5 Å². The standard InChI is InChI=1S/C14H15N3O3S/c1-3-15-12-7-13(17-14(16-12)21-2)20-9-4-5-10-11(6-9)19-8-18-10/h4-7H,3,8H2,1-2H3,(H,15,16,17). The van der Waals surface area contributed by atoms with E-state index in [1.807, 2.05) is 25.3 Å². The van der Waals surface area contributed by atoms with Gasteiger partial charge in [0.25, 0.3) is 0 Å². The second-order valence-electron chi connectivity index (χ2n) is 4.23. The van der Waals surface area contributed by atoms with E-state index in [0.29, 0.717) is 22.5 Å². The van der Waals surface area contributed by atoms with Crippen molar-refractivity contribution in [1.82, 2.24) is 9.97 Å². The van der Waals surface area contributed by atoms with Gasteiger partial charge in [0, 0.05) is 18.7 Å². The number of nitrogens with zero attached hydrogens (tertiary/aromatic N) is 2. The van der Waals surface area contributed by atoms with Crippen molar-refractivity contribution in [3.8, 4) is 23.1 Å². The molecule has 21 heavy (non-hydrogen) atoms. The molecule has 1 aromatic carbocycles. The van der Waals surface area contributed by atoms with Crippen molar-refractivity contribution >= 4 is 17.6 Å². The average Bonchev–Trinajstić information content (AvgIpc) is 2.95.